The van der Waals surface area contributed by atoms with Gasteiger partial charge in [-0.25, -0.2) is 0 Å². The van der Waals surface area contributed by atoms with Crippen LogP contribution in [-0.2, 0) is 4.79 Å². The number of aromatic nitrogens is 2. The number of hydrogen-bond acceptors (Lipinski definition) is 6. The fourth-order valence-corrected chi connectivity index (χ4v) is 2.75. The second kappa shape index (κ2) is 9.97. The van der Waals surface area contributed by atoms with Gasteiger partial charge in [-0.15, -0.1) is 10.2 Å². The Kier molecular flexibility index (Phi) is 7.61. The molecule has 2 rings (SSSR count). The number of thioether (sulfide) groups is 1. The van der Waals surface area contributed by atoms with E-state index in [9.17, 15) is 4.79 Å². The van der Waals surface area contributed by atoms with Crippen molar-refractivity contribution in [2.24, 2.45) is 0 Å². The number of para-hydroxylation sites is 1. The van der Waals surface area contributed by atoms with E-state index in [-0.39, 0.29) is 11.7 Å². The molecule has 0 aliphatic rings. The van der Waals surface area contributed by atoms with Gasteiger partial charge in [-0.1, -0.05) is 50.1 Å². The molecule has 0 fully saturated rings. The van der Waals surface area contributed by atoms with Crippen molar-refractivity contribution in [1.82, 2.24) is 15.5 Å². The molecule has 130 valence electrons. The highest BCUT2D eigenvalue weighted by molar-refractivity contribution is 7.99. The predicted octanol–water partition coefficient (Wildman–Crippen LogP) is 3.53. The van der Waals surface area contributed by atoms with E-state index in [0.29, 0.717) is 16.9 Å². The Balaban J connectivity index is 1.80. The quantitative estimate of drug-likeness (QED) is 0.522. The van der Waals surface area contributed by atoms with E-state index in [2.05, 4.69) is 22.4 Å². The molecule has 0 aliphatic heterocycles. The smallest absolute Gasteiger partial charge is 0.277 e. The number of carbonyl (C=O) groups excluding carboxylic acids is 1. The standard InChI is InChI=1S/C17H23N3O3S/c1-3-4-5-8-11-18-15(21)12-24-17-20-19-16(23-17)13-9-6-7-10-14(13)22-2/h6-7,9-10H,3-5,8,11-12H2,1-2H3,(H,18,21). The van der Waals surface area contributed by atoms with Crippen LogP contribution >= 0.6 is 11.8 Å². The average Bonchev–Trinajstić information content (AvgIpc) is 3.08. The molecule has 1 aromatic carbocycles. The highest BCUT2D eigenvalue weighted by atomic mass is 32.2. The Morgan fingerprint density at radius 2 is 2.08 bits per heavy atom. The lowest BCUT2D eigenvalue weighted by molar-refractivity contribution is -0.118. The average molecular weight is 349 g/mol. The molecule has 0 atom stereocenters. The third-order valence-corrected chi connectivity index (χ3v) is 4.24. The van der Waals surface area contributed by atoms with Crippen molar-refractivity contribution >= 4 is 17.7 Å². The zero-order valence-corrected chi connectivity index (χ0v) is 14.9. The summed E-state index contributed by atoms with van der Waals surface area (Å²) in [4.78, 5) is 11.8. The summed E-state index contributed by atoms with van der Waals surface area (Å²) in [5, 5.41) is 11.3. The summed E-state index contributed by atoms with van der Waals surface area (Å²) in [5.74, 6) is 1.30. The summed E-state index contributed by atoms with van der Waals surface area (Å²) in [5.41, 5.74) is 0.736. The summed E-state index contributed by atoms with van der Waals surface area (Å²) in [6, 6.07) is 7.43. The molecule has 1 amide bonds. The first-order chi connectivity index (χ1) is 11.7. The van der Waals surface area contributed by atoms with Gasteiger partial charge in [-0.3, -0.25) is 4.79 Å². The van der Waals surface area contributed by atoms with Crippen LogP contribution in [0.5, 0.6) is 5.75 Å². The number of rotatable bonds is 10. The van der Waals surface area contributed by atoms with Crippen LogP contribution in [0.4, 0.5) is 0 Å². The molecule has 0 spiro atoms. The SMILES string of the molecule is CCCCCCNC(=O)CSc1nnc(-c2ccccc2OC)o1. The number of nitrogens with zero attached hydrogens (tertiary/aromatic N) is 2. The maximum atomic E-state index is 11.8. The summed E-state index contributed by atoms with van der Waals surface area (Å²) >= 11 is 1.23. The first-order valence-electron chi connectivity index (χ1n) is 8.11. The Labute approximate surface area is 146 Å². The molecule has 2 aromatic rings. The van der Waals surface area contributed by atoms with Gasteiger partial charge in [0.25, 0.3) is 11.1 Å². The zero-order chi connectivity index (χ0) is 17.2. The molecule has 0 radical (unpaired) electrons. The minimum Gasteiger partial charge on any atom is -0.496 e. The lowest BCUT2D eigenvalue weighted by Crippen LogP contribution is -2.26. The highest BCUT2D eigenvalue weighted by Crippen LogP contribution is 2.30. The summed E-state index contributed by atoms with van der Waals surface area (Å²) in [7, 11) is 1.59. The lowest BCUT2D eigenvalue weighted by atomic mass is 10.2. The fraction of sp³-hybridized carbons (Fsp3) is 0.471. The van der Waals surface area contributed by atoms with Crippen molar-refractivity contribution in [2.75, 3.05) is 19.4 Å². The molecule has 7 heteroatoms. The zero-order valence-electron chi connectivity index (χ0n) is 14.1. The minimum absolute atomic E-state index is 0.0199. The molecule has 0 bridgehead atoms. The first-order valence-corrected chi connectivity index (χ1v) is 9.09. The first kappa shape index (κ1) is 18.3. The van der Waals surface area contributed by atoms with Crippen LogP contribution in [0.25, 0.3) is 11.5 Å². The number of unbranched alkanes of at least 4 members (excludes halogenated alkanes) is 3. The van der Waals surface area contributed by atoms with Crippen molar-refractivity contribution in [3.8, 4) is 17.2 Å². The van der Waals surface area contributed by atoms with Crippen molar-refractivity contribution in [3.63, 3.8) is 0 Å². The maximum Gasteiger partial charge on any atom is 0.277 e. The number of ether oxygens (including phenoxy) is 1. The molecule has 0 aliphatic carbocycles. The number of nitrogens with one attached hydrogen (secondary N) is 1. The molecule has 0 saturated heterocycles. The van der Waals surface area contributed by atoms with Gasteiger partial charge in [-0.05, 0) is 18.6 Å². The van der Waals surface area contributed by atoms with Crippen LogP contribution in [-0.4, -0.2) is 35.5 Å². The van der Waals surface area contributed by atoms with Gasteiger partial charge < -0.3 is 14.5 Å². The lowest BCUT2D eigenvalue weighted by Gasteiger charge is -2.04. The number of hydrogen-bond donors (Lipinski definition) is 1. The van der Waals surface area contributed by atoms with E-state index in [0.717, 1.165) is 24.9 Å². The number of carbonyl (C=O) groups is 1. The van der Waals surface area contributed by atoms with Gasteiger partial charge in [0, 0.05) is 6.54 Å². The molecule has 0 unspecified atom stereocenters. The summed E-state index contributed by atoms with van der Waals surface area (Å²) < 4.78 is 10.9. The Morgan fingerprint density at radius 3 is 2.88 bits per heavy atom. The topological polar surface area (TPSA) is 77.2 Å². The molecule has 1 heterocycles. The highest BCUT2D eigenvalue weighted by Gasteiger charge is 2.14. The summed E-state index contributed by atoms with van der Waals surface area (Å²) in [6.07, 6.45) is 4.56. The Morgan fingerprint density at radius 1 is 1.25 bits per heavy atom. The number of methoxy groups -OCH3 is 1. The third kappa shape index (κ3) is 5.56. The van der Waals surface area contributed by atoms with Crippen molar-refractivity contribution in [1.29, 1.82) is 0 Å². The van der Waals surface area contributed by atoms with Gasteiger partial charge in [0.05, 0.1) is 18.4 Å². The molecule has 1 N–H and O–H groups in total. The van der Waals surface area contributed by atoms with Gasteiger partial charge in [0.15, 0.2) is 0 Å². The van der Waals surface area contributed by atoms with Gasteiger partial charge in [0.1, 0.15) is 5.75 Å². The predicted molar refractivity (Wildman–Crippen MR) is 94.2 cm³/mol. The van der Waals surface area contributed by atoms with Crippen LogP contribution in [0.2, 0.25) is 0 Å². The third-order valence-electron chi connectivity index (χ3n) is 3.42. The second-order valence-electron chi connectivity index (χ2n) is 5.27. The van der Waals surface area contributed by atoms with Crippen LogP contribution in [0.1, 0.15) is 32.6 Å². The molecular formula is C17H23N3O3S. The van der Waals surface area contributed by atoms with Crippen LogP contribution < -0.4 is 10.1 Å². The summed E-state index contributed by atoms with van der Waals surface area (Å²) in [6.45, 7) is 2.88. The number of amides is 1. The van der Waals surface area contributed by atoms with E-state index in [4.69, 9.17) is 9.15 Å². The minimum atomic E-state index is -0.0199. The van der Waals surface area contributed by atoms with Crippen LogP contribution in [0.3, 0.4) is 0 Å². The Bertz CT molecular complexity index is 646. The van der Waals surface area contributed by atoms with Crippen LogP contribution in [0, 0.1) is 0 Å². The van der Waals surface area contributed by atoms with E-state index < -0.39 is 0 Å². The van der Waals surface area contributed by atoms with Gasteiger partial charge in [0.2, 0.25) is 5.91 Å². The van der Waals surface area contributed by atoms with E-state index in [1.165, 1.54) is 24.6 Å². The van der Waals surface area contributed by atoms with E-state index in [1.54, 1.807) is 7.11 Å². The van der Waals surface area contributed by atoms with Crippen molar-refractivity contribution in [2.45, 2.75) is 37.8 Å². The Hall–Kier alpha value is -2.02. The molecule has 24 heavy (non-hydrogen) atoms. The number of benzene rings is 1. The van der Waals surface area contributed by atoms with Crippen molar-refractivity contribution in [3.05, 3.63) is 24.3 Å². The monoisotopic (exact) mass is 349 g/mol. The molecular weight excluding hydrogens is 326 g/mol. The van der Waals surface area contributed by atoms with E-state index in [1.807, 2.05) is 24.3 Å². The van der Waals surface area contributed by atoms with Crippen LogP contribution in [0.15, 0.2) is 33.9 Å². The largest absolute Gasteiger partial charge is 0.496 e. The fourth-order valence-electron chi connectivity index (χ4n) is 2.16. The second-order valence-corrected chi connectivity index (χ2v) is 6.20. The normalized spacial score (nSPS) is 10.6. The van der Waals surface area contributed by atoms with Crippen molar-refractivity contribution < 1.29 is 13.9 Å². The molecule has 1 aromatic heterocycles. The maximum absolute atomic E-state index is 11.8. The molecule has 6 nitrogen and oxygen atoms in total. The van der Waals surface area contributed by atoms with E-state index >= 15 is 0 Å². The van der Waals surface area contributed by atoms with Gasteiger partial charge >= 0.3 is 0 Å². The van der Waals surface area contributed by atoms with Gasteiger partial charge in [-0.2, -0.15) is 0 Å². The molecule has 0 saturated carbocycles.